The number of piperidine rings is 1. The van der Waals surface area contributed by atoms with Gasteiger partial charge in [0, 0.05) is 25.3 Å². The van der Waals surface area contributed by atoms with Crippen molar-refractivity contribution in [2.24, 2.45) is 0 Å². The lowest BCUT2D eigenvalue weighted by Gasteiger charge is -2.43. The Balaban J connectivity index is 1.87. The van der Waals surface area contributed by atoms with Gasteiger partial charge in [-0.2, -0.15) is 0 Å². The van der Waals surface area contributed by atoms with Crippen molar-refractivity contribution in [1.29, 1.82) is 0 Å². The van der Waals surface area contributed by atoms with Crippen molar-refractivity contribution in [3.8, 4) is 0 Å². The van der Waals surface area contributed by atoms with Crippen LogP contribution in [-0.4, -0.2) is 48.7 Å². The van der Waals surface area contributed by atoms with Crippen molar-refractivity contribution in [3.05, 3.63) is 29.8 Å². The quantitative estimate of drug-likeness (QED) is 0.839. The van der Waals surface area contributed by atoms with Crippen LogP contribution in [0, 0.1) is 0 Å². The van der Waals surface area contributed by atoms with Gasteiger partial charge in [0.25, 0.3) is 5.91 Å². The first kappa shape index (κ1) is 16.3. The topological polar surface area (TPSA) is 32.8 Å². The van der Waals surface area contributed by atoms with Gasteiger partial charge in [0.05, 0.1) is 23.8 Å². The zero-order valence-electron chi connectivity index (χ0n) is 14.5. The Labute approximate surface area is 139 Å². The number of nitrogens with zero attached hydrogens (tertiary/aromatic N) is 2. The highest BCUT2D eigenvalue weighted by Gasteiger charge is 2.35. The van der Waals surface area contributed by atoms with Crippen LogP contribution in [0.15, 0.2) is 24.3 Å². The van der Waals surface area contributed by atoms with Crippen molar-refractivity contribution < 1.29 is 9.53 Å². The third-order valence-electron chi connectivity index (χ3n) is 4.89. The first-order chi connectivity index (χ1) is 11.0. The second-order valence-corrected chi connectivity index (χ2v) is 7.42. The molecule has 126 valence electrons. The number of carbonyl (C=O) groups excluding carboxylic acids is 1. The average Bonchev–Trinajstić information content (AvgIpc) is 2.57. The number of anilines is 1. The molecule has 0 spiro atoms. The van der Waals surface area contributed by atoms with E-state index in [0.29, 0.717) is 13.2 Å². The standard InChI is InChI=1S/C19H28N2O2/c1-15-13-23-19(2,3)14-21(15)18(22)16-9-5-6-10-17(16)20-11-7-4-8-12-20/h5-6,9-10,15H,4,7-8,11-14H2,1-3H3/t15-/m0/s1. The molecular weight excluding hydrogens is 288 g/mol. The van der Waals surface area contributed by atoms with Gasteiger partial charge in [-0.25, -0.2) is 0 Å². The molecule has 1 aromatic carbocycles. The number of rotatable bonds is 2. The monoisotopic (exact) mass is 316 g/mol. The fourth-order valence-electron chi connectivity index (χ4n) is 3.54. The van der Waals surface area contributed by atoms with Gasteiger partial charge >= 0.3 is 0 Å². The maximum absolute atomic E-state index is 13.2. The zero-order chi connectivity index (χ0) is 16.4. The molecule has 0 N–H and O–H groups in total. The highest BCUT2D eigenvalue weighted by molar-refractivity contribution is 6.00. The summed E-state index contributed by atoms with van der Waals surface area (Å²) >= 11 is 0. The summed E-state index contributed by atoms with van der Waals surface area (Å²) in [5.74, 6) is 0.134. The van der Waals surface area contributed by atoms with Gasteiger partial charge in [-0.3, -0.25) is 4.79 Å². The molecule has 1 amide bonds. The molecule has 0 aliphatic carbocycles. The predicted octanol–water partition coefficient (Wildman–Crippen LogP) is 3.32. The summed E-state index contributed by atoms with van der Waals surface area (Å²) in [6.45, 7) is 9.51. The van der Waals surface area contributed by atoms with Crippen LogP contribution in [-0.2, 0) is 4.74 Å². The molecule has 0 unspecified atom stereocenters. The van der Waals surface area contributed by atoms with E-state index in [-0.39, 0.29) is 17.6 Å². The van der Waals surface area contributed by atoms with Gasteiger partial charge in [-0.15, -0.1) is 0 Å². The second-order valence-electron chi connectivity index (χ2n) is 7.42. The summed E-state index contributed by atoms with van der Waals surface area (Å²) in [5, 5.41) is 0. The van der Waals surface area contributed by atoms with Crippen LogP contribution >= 0.6 is 0 Å². The van der Waals surface area contributed by atoms with Crippen molar-refractivity contribution >= 4 is 11.6 Å². The van der Waals surface area contributed by atoms with Gasteiger partial charge < -0.3 is 14.5 Å². The van der Waals surface area contributed by atoms with Crippen LogP contribution in [0.2, 0.25) is 0 Å². The minimum Gasteiger partial charge on any atom is -0.372 e. The summed E-state index contributed by atoms with van der Waals surface area (Å²) in [6, 6.07) is 8.19. The Morgan fingerprint density at radius 3 is 2.61 bits per heavy atom. The summed E-state index contributed by atoms with van der Waals surface area (Å²) in [7, 11) is 0. The number of morpholine rings is 1. The van der Waals surface area contributed by atoms with Gasteiger partial charge in [-0.1, -0.05) is 12.1 Å². The normalized spacial score (nSPS) is 24.6. The van der Waals surface area contributed by atoms with Crippen LogP contribution in [0.1, 0.15) is 50.4 Å². The largest absolute Gasteiger partial charge is 0.372 e. The van der Waals surface area contributed by atoms with Crippen LogP contribution in [0.4, 0.5) is 5.69 Å². The number of hydrogen-bond donors (Lipinski definition) is 0. The molecule has 0 bridgehead atoms. The van der Waals surface area contributed by atoms with Gasteiger partial charge in [-0.05, 0) is 52.2 Å². The van der Waals surface area contributed by atoms with E-state index in [0.717, 1.165) is 24.3 Å². The van der Waals surface area contributed by atoms with Crippen molar-refractivity contribution in [1.82, 2.24) is 4.90 Å². The maximum Gasteiger partial charge on any atom is 0.256 e. The van der Waals surface area contributed by atoms with E-state index in [1.165, 1.54) is 19.3 Å². The minimum atomic E-state index is -0.276. The molecule has 1 aromatic rings. The van der Waals surface area contributed by atoms with E-state index in [4.69, 9.17) is 4.74 Å². The Hall–Kier alpha value is -1.55. The summed E-state index contributed by atoms with van der Waals surface area (Å²) in [6.07, 6.45) is 3.72. The van der Waals surface area contributed by atoms with E-state index in [2.05, 4.69) is 31.7 Å². The molecule has 2 aliphatic heterocycles. The van der Waals surface area contributed by atoms with Gasteiger partial charge in [0.1, 0.15) is 0 Å². The molecule has 2 heterocycles. The first-order valence-corrected chi connectivity index (χ1v) is 8.77. The second kappa shape index (κ2) is 6.52. The fourth-order valence-corrected chi connectivity index (χ4v) is 3.54. The van der Waals surface area contributed by atoms with Crippen LogP contribution in [0.25, 0.3) is 0 Å². The SMILES string of the molecule is C[C@H]1COC(C)(C)CN1C(=O)c1ccccc1N1CCCCC1. The van der Waals surface area contributed by atoms with Gasteiger partial charge in [0.15, 0.2) is 0 Å². The number of ether oxygens (including phenoxy) is 1. The summed E-state index contributed by atoms with van der Waals surface area (Å²) in [5.41, 5.74) is 1.65. The van der Waals surface area contributed by atoms with E-state index >= 15 is 0 Å². The molecule has 2 aliphatic rings. The molecule has 0 aromatic heterocycles. The number of amides is 1. The molecule has 4 nitrogen and oxygen atoms in total. The average molecular weight is 316 g/mol. The molecule has 2 fully saturated rings. The molecule has 2 saturated heterocycles. The Morgan fingerprint density at radius 1 is 1.17 bits per heavy atom. The molecule has 3 rings (SSSR count). The van der Waals surface area contributed by atoms with Crippen LogP contribution < -0.4 is 4.90 Å². The lowest BCUT2D eigenvalue weighted by molar-refractivity contribution is -0.0979. The van der Waals surface area contributed by atoms with Crippen molar-refractivity contribution in [2.75, 3.05) is 31.1 Å². The van der Waals surface area contributed by atoms with E-state index < -0.39 is 0 Å². The smallest absolute Gasteiger partial charge is 0.256 e. The molecule has 0 radical (unpaired) electrons. The Bertz CT molecular complexity index is 564. The van der Waals surface area contributed by atoms with Gasteiger partial charge in [0.2, 0.25) is 0 Å². The van der Waals surface area contributed by atoms with E-state index in [1.54, 1.807) is 0 Å². The highest BCUT2D eigenvalue weighted by Crippen LogP contribution is 2.28. The number of para-hydroxylation sites is 1. The molecule has 0 saturated carbocycles. The van der Waals surface area contributed by atoms with E-state index in [9.17, 15) is 4.79 Å². The Morgan fingerprint density at radius 2 is 1.87 bits per heavy atom. The van der Waals surface area contributed by atoms with Crippen molar-refractivity contribution in [3.63, 3.8) is 0 Å². The zero-order valence-corrected chi connectivity index (χ0v) is 14.5. The summed E-state index contributed by atoms with van der Waals surface area (Å²) < 4.78 is 5.84. The van der Waals surface area contributed by atoms with Crippen molar-refractivity contribution in [2.45, 2.75) is 51.7 Å². The third kappa shape index (κ3) is 3.52. The first-order valence-electron chi connectivity index (χ1n) is 8.77. The third-order valence-corrected chi connectivity index (χ3v) is 4.89. The summed E-state index contributed by atoms with van der Waals surface area (Å²) in [4.78, 5) is 17.6. The number of hydrogen-bond acceptors (Lipinski definition) is 3. The lowest BCUT2D eigenvalue weighted by Crippen LogP contribution is -2.55. The molecule has 1 atom stereocenters. The molecule has 4 heteroatoms. The molecule has 23 heavy (non-hydrogen) atoms. The maximum atomic E-state index is 13.2. The van der Waals surface area contributed by atoms with E-state index in [1.807, 2.05) is 23.1 Å². The van der Waals surface area contributed by atoms with Crippen LogP contribution in [0.3, 0.4) is 0 Å². The minimum absolute atomic E-state index is 0.116. The molecular formula is C19H28N2O2. The number of benzene rings is 1. The lowest BCUT2D eigenvalue weighted by atomic mass is 10.0. The Kier molecular flexibility index (Phi) is 4.62. The number of carbonyl (C=O) groups is 1. The predicted molar refractivity (Wildman–Crippen MR) is 93.0 cm³/mol. The fraction of sp³-hybridized carbons (Fsp3) is 0.632. The van der Waals surface area contributed by atoms with Crippen LogP contribution in [0.5, 0.6) is 0 Å². The highest BCUT2D eigenvalue weighted by atomic mass is 16.5.